The van der Waals surface area contributed by atoms with Crippen LogP contribution in [0.25, 0.3) is 10.8 Å². The van der Waals surface area contributed by atoms with Crippen LogP contribution in [0.5, 0.6) is 0 Å². The molecule has 256 valence electrons. The Morgan fingerprint density at radius 1 is 1.10 bits per heavy atom. The van der Waals surface area contributed by atoms with Gasteiger partial charge in [-0.25, -0.2) is 19.0 Å². The Labute approximate surface area is 283 Å². The third-order valence-corrected chi connectivity index (χ3v) is 12.0. The molecule has 4 aliphatic rings. The molecule has 2 saturated heterocycles. The maximum absolute atomic E-state index is 16.1. The summed E-state index contributed by atoms with van der Waals surface area (Å²) in [4.78, 5) is 2.04. The molecule has 5 N–H and O–H groups in total. The Morgan fingerprint density at radius 2 is 1.85 bits per heavy atom. The molecule has 3 aromatic rings. The average molecular weight is 679 g/mol. The van der Waals surface area contributed by atoms with Crippen molar-refractivity contribution in [3.63, 3.8) is 0 Å². The van der Waals surface area contributed by atoms with Gasteiger partial charge in [-0.05, 0) is 93.7 Å². The molecule has 0 spiro atoms. The van der Waals surface area contributed by atoms with Gasteiger partial charge >= 0.3 is 0 Å². The number of nitrogens with two attached hydrogens (primary N) is 2. The maximum Gasteiger partial charge on any atom is 0.278 e. The number of alkyl halides is 2. The fourth-order valence-corrected chi connectivity index (χ4v) is 8.94. The third kappa shape index (κ3) is 6.91. The first-order valence-corrected chi connectivity index (χ1v) is 18.5. The number of benzene rings is 2. The van der Waals surface area contributed by atoms with Gasteiger partial charge in [-0.2, -0.15) is 20.8 Å². The number of nitrogens with zero attached hydrogens (tertiary/aromatic N) is 5. The van der Waals surface area contributed by atoms with Crippen molar-refractivity contribution in [2.45, 2.75) is 69.2 Å². The predicted molar refractivity (Wildman–Crippen MR) is 188 cm³/mol. The number of piperidine rings is 1. The molecule has 1 atom stereocenters. The van der Waals surface area contributed by atoms with Crippen LogP contribution in [0.2, 0.25) is 0 Å². The third-order valence-electron chi connectivity index (χ3n) is 10.4. The summed E-state index contributed by atoms with van der Waals surface area (Å²) in [6.45, 7) is 3.63. The van der Waals surface area contributed by atoms with Gasteiger partial charge in [0.1, 0.15) is 5.82 Å². The zero-order valence-corrected chi connectivity index (χ0v) is 28.3. The minimum Gasteiger partial charge on any atom is -0.400 e. The number of rotatable bonds is 1. The summed E-state index contributed by atoms with van der Waals surface area (Å²) < 4.78 is 48.1. The van der Waals surface area contributed by atoms with E-state index in [9.17, 15) is 5.26 Å². The van der Waals surface area contributed by atoms with Gasteiger partial charge in [0.2, 0.25) is 0 Å². The zero-order valence-electron chi connectivity index (χ0n) is 27.5. The molecule has 48 heavy (non-hydrogen) atoms. The van der Waals surface area contributed by atoms with Crippen molar-refractivity contribution in [1.29, 1.82) is 5.26 Å². The summed E-state index contributed by atoms with van der Waals surface area (Å²) >= 11 is 0. The highest BCUT2D eigenvalue weighted by Crippen LogP contribution is 2.45. The highest BCUT2D eigenvalue weighted by Gasteiger charge is 2.45. The lowest BCUT2D eigenvalue weighted by atomic mass is 9.75. The molecule has 1 aromatic heterocycles. The number of hydrogen-bond acceptors (Lipinski definition) is 8. The van der Waals surface area contributed by atoms with Crippen LogP contribution < -0.4 is 16.9 Å². The topological polar surface area (TPSA) is 120 Å². The number of fused-ring (bicyclic) bond motifs is 9. The van der Waals surface area contributed by atoms with Gasteiger partial charge in [-0.1, -0.05) is 30.1 Å². The molecule has 5 heterocycles. The van der Waals surface area contributed by atoms with E-state index < -0.39 is 34.7 Å². The lowest BCUT2D eigenvalue weighted by Crippen LogP contribution is -2.41. The number of hydrazine groups is 1. The number of nitrogens with one attached hydrogen (secondary N) is 1. The molecule has 7 rings (SSSR count). The number of anilines is 1. The first kappa shape index (κ1) is 34.2. The maximum atomic E-state index is 16.1. The fraction of sp³-hybridized carbons (Fsp3) is 0.500. The van der Waals surface area contributed by atoms with Crippen LogP contribution in [0.3, 0.4) is 0 Å². The van der Waals surface area contributed by atoms with Crippen LogP contribution in [0.15, 0.2) is 48.4 Å². The molecule has 8 bridgehead atoms. The quantitative estimate of drug-likeness (QED) is 0.202. The number of hydrogen-bond donors (Lipinski definition) is 3. The Bertz CT molecular complexity index is 1740. The van der Waals surface area contributed by atoms with Crippen molar-refractivity contribution in [3.05, 3.63) is 76.5 Å². The summed E-state index contributed by atoms with van der Waals surface area (Å²) in [7, 11) is 0.0393. The lowest BCUT2D eigenvalue weighted by molar-refractivity contribution is -0.0874. The van der Waals surface area contributed by atoms with Gasteiger partial charge in [0.15, 0.2) is 5.82 Å². The molecule has 0 unspecified atom stereocenters. The van der Waals surface area contributed by atoms with E-state index in [1.165, 1.54) is 12.1 Å². The Kier molecular flexibility index (Phi) is 10.0. The number of aryl methyl sites for hydroxylation is 1. The molecule has 0 amide bonds. The summed E-state index contributed by atoms with van der Waals surface area (Å²) in [6, 6.07) is 10.4. The van der Waals surface area contributed by atoms with Crippen molar-refractivity contribution < 1.29 is 13.2 Å². The second kappa shape index (κ2) is 14.1. The molecule has 4 aliphatic heterocycles. The standard InChI is InChI=1S/C36H45F3N8S/c1-24-29-7-5-8-32(33(29)37)36(38,39)26-9-14-46(15-10-26)21-28(41)22-47(42)13-4-3-6-25-18-27(35(23-40)11-16-48(2)17-12-35)19-30-31(25)20-43-45-34(30)44-24/h5,7-8,18-20,22,24,26H,2-4,6,9-17,21,41-42H2,1H3,(H,44,45)/b28-22-/t24-,35?,48?/m1/s1. The molecule has 0 radical (unpaired) electrons. The molecule has 2 fully saturated rings. The van der Waals surface area contributed by atoms with E-state index in [1.54, 1.807) is 30.4 Å². The van der Waals surface area contributed by atoms with E-state index in [0.29, 0.717) is 37.7 Å². The monoisotopic (exact) mass is 678 g/mol. The molecular formula is C36H45F3N8S. The second-order valence-electron chi connectivity index (χ2n) is 13.7. The van der Waals surface area contributed by atoms with Gasteiger partial charge in [-0.15, -0.1) is 5.10 Å². The summed E-state index contributed by atoms with van der Waals surface area (Å²) in [5, 5.41) is 25.8. The van der Waals surface area contributed by atoms with E-state index in [1.807, 2.05) is 11.0 Å². The van der Waals surface area contributed by atoms with Crippen molar-refractivity contribution in [2.75, 3.05) is 43.0 Å². The first-order valence-electron chi connectivity index (χ1n) is 16.8. The van der Waals surface area contributed by atoms with Crippen molar-refractivity contribution in [2.24, 2.45) is 17.5 Å². The zero-order chi connectivity index (χ0) is 34.1. The molecule has 12 heteroatoms. The fourth-order valence-electron chi connectivity index (χ4n) is 7.46. The van der Waals surface area contributed by atoms with Crippen molar-refractivity contribution >= 4 is 32.9 Å². The van der Waals surface area contributed by atoms with E-state index >= 15 is 13.2 Å². The van der Waals surface area contributed by atoms with E-state index in [-0.39, 0.29) is 28.9 Å². The minimum atomic E-state index is -3.35. The number of halogens is 3. The van der Waals surface area contributed by atoms with Gasteiger partial charge in [-0.3, -0.25) is 4.90 Å². The Morgan fingerprint density at radius 3 is 2.58 bits per heavy atom. The summed E-state index contributed by atoms with van der Waals surface area (Å²) in [5.41, 5.74) is 7.75. The predicted octanol–water partition coefficient (Wildman–Crippen LogP) is 6.31. The lowest BCUT2D eigenvalue weighted by Gasteiger charge is -2.36. The Balaban J connectivity index is 1.43. The molecule has 2 aromatic carbocycles. The van der Waals surface area contributed by atoms with E-state index in [4.69, 9.17) is 11.6 Å². The molecule has 0 saturated carbocycles. The average Bonchev–Trinajstić information content (AvgIpc) is 3.07. The van der Waals surface area contributed by atoms with Gasteiger partial charge in [0.05, 0.1) is 29.3 Å². The van der Waals surface area contributed by atoms with Crippen molar-refractivity contribution in [1.82, 2.24) is 20.1 Å². The Hall–Kier alpha value is -3.66. The smallest absolute Gasteiger partial charge is 0.278 e. The van der Waals surface area contributed by atoms with Gasteiger partial charge in [0.25, 0.3) is 5.92 Å². The first-order chi connectivity index (χ1) is 23.0. The molecule has 8 nitrogen and oxygen atoms in total. The SMILES string of the molecule is C=S1CCC(C#N)(c2cc3c4cnnc(c4c2)N[C@H](C)c2cccc(c2F)C(F)(F)C2CCN(CC2)C/C(N)=C/N(N)CCCC3)CC1. The minimum absolute atomic E-state index is 0.0393. The van der Waals surface area contributed by atoms with E-state index in [2.05, 4.69) is 33.5 Å². The van der Waals surface area contributed by atoms with E-state index in [0.717, 1.165) is 65.5 Å². The molecule has 0 aliphatic carbocycles. The van der Waals surface area contributed by atoms with Crippen LogP contribution in [-0.4, -0.2) is 63.7 Å². The highest BCUT2D eigenvalue weighted by atomic mass is 32.2. The van der Waals surface area contributed by atoms with Crippen LogP contribution >= 0.6 is 10.5 Å². The van der Waals surface area contributed by atoms with Gasteiger partial charge < -0.3 is 16.1 Å². The highest BCUT2D eigenvalue weighted by molar-refractivity contribution is 8.14. The summed E-state index contributed by atoms with van der Waals surface area (Å²) in [5.74, 6) is 7.49. The largest absolute Gasteiger partial charge is 0.400 e. The second-order valence-corrected chi connectivity index (χ2v) is 15.7. The van der Waals surface area contributed by atoms with Crippen LogP contribution in [0, 0.1) is 23.1 Å². The number of aromatic nitrogens is 2. The summed E-state index contributed by atoms with van der Waals surface area (Å²) in [6.07, 6.45) is 7.69. The number of nitriles is 1. The van der Waals surface area contributed by atoms with Crippen LogP contribution in [0.4, 0.5) is 19.0 Å². The van der Waals surface area contributed by atoms with Gasteiger partial charge in [0, 0.05) is 47.2 Å². The van der Waals surface area contributed by atoms with Crippen molar-refractivity contribution in [3.8, 4) is 6.07 Å². The normalized spacial score (nSPS) is 29.6. The van der Waals surface area contributed by atoms with Crippen LogP contribution in [0.1, 0.15) is 73.7 Å². The molecular weight excluding hydrogens is 634 g/mol. The van der Waals surface area contributed by atoms with Crippen LogP contribution in [-0.2, 0) is 17.8 Å².